The number of benzene rings is 1. The van der Waals surface area contributed by atoms with Crippen LogP contribution in [0.15, 0.2) is 30.4 Å². The summed E-state index contributed by atoms with van der Waals surface area (Å²) in [5, 5.41) is 3.72. The lowest BCUT2D eigenvalue weighted by atomic mass is 9.85. The molecule has 1 aliphatic heterocycles. The van der Waals surface area contributed by atoms with E-state index in [0.717, 1.165) is 0 Å². The second kappa shape index (κ2) is 11.1. The van der Waals surface area contributed by atoms with E-state index in [1.165, 1.54) is 9.80 Å². The first kappa shape index (κ1) is 27.2. The van der Waals surface area contributed by atoms with Gasteiger partial charge >= 0.3 is 0 Å². The number of imide groups is 1. The number of allylic oxidation sites excluding steroid dienone is 2. The molecule has 1 aromatic carbocycles. The van der Waals surface area contributed by atoms with Crippen molar-refractivity contribution < 1.29 is 19.2 Å². The van der Waals surface area contributed by atoms with Gasteiger partial charge in [-0.05, 0) is 52.2 Å². The van der Waals surface area contributed by atoms with Crippen LogP contribution in [0.1, 0.15) is 58.9 Å². The maximum absolute atomic E-state index is 13.5. The van der Waals surface area contributed by atoms with E-state index in [0.29, 0.717) is 34.9 Å². The number of rotatable bonds is 8. The molecule has 0 spiro atoms. The minimum atomic E-state index is -0.772. The fraction of sp³-hybridized carbons (Fsp3) is 0.538. The van der Waals surface area contributed by atoms with E-state index in [9.17, 15) is 19.2 Å². The Morgan fingerprint density at radius 1 is 1.09 bits per heavy atom. The van der Waals surface area contributed by atoms with Crippen LogP contribution in [0.25, 0.3) is 0 Å². The van der Waals surface area contributed by atoms with Crippen molar-refractivity contribution in [3.63, 3.8) is 0 Å². The molecule has 1 saturated heterocycles. The molecule has 0 radical (unpaired) electrons. The molecule has 4 amide bonds. The van der Waals surface area contributed by atoms with Crippen LogP contribution >= 0.6 is 23.2 Å². The maximum atomic E-state index is 13.5. The summed E-state index contributed by atoms with van der Waals surface area (Å²) in [5.74, 6) is -1.79. The Morgan fingerprint density at radius 2 is 1.63 bits per heavy atom. The van der Waals surface area contributed by atoms with Crippen molar-refractivity contribution >= 4 is 46.8 Å². The zero-order valence-corrected chi connectivity index (χ0v) is 22.2. The number of hydrogen-bond donors (Lipinski definition) is 1. The first-order valence-electron chi connectivity index (χ1n) is 12.0. The van der Waals surface area contributed by atoms with Gasteiger partial charge in [0.05, 0.1) is 11.8 Å². The molecular weight excluding hydrogens is 489 g/mol. The molecule has 1 fully saturated rings. The Balaban J connectivity index is 1.82. The number of hydrogen-bond acceptors (Lipinski definition) is 4. The molecule has 3 atom stereocenters. The van der Waals surface area contributed by atoms with Crippen LogP contribution in [0.2, 0.25) is 10.0 Å². The maximum Gasteiger partial charge on any atom is 0.243 e. The minimum Gasteiger partial charge on any atom is -0.350 e. The molecule has 1 aromatic rings. The number of nitrogens with zero attached hydrogens (tertiary/aromatic N) is 2. The number of likely N-dealkylation sites (tertiary alicyclic amines) is 1. The van der Waals surface area contributed by atoms with Crippen LogP contribution in [0, 0.1) is 11.8 Å². The first-order valence-corrected chi connectivity index (χ1v) is 12.7. The molecule has 7 nitrogen and oxygen atoms in total. The Labute approximate surface area is 216 Å². The zero-order chi connectivity index (χ0) is 25.9. The van der Waals surface area contributed by atoms with Crippen LogP contribution in [0.4, 0.5) is 0 Å². The van der Waals surface area contributed by atoms with E-state index >= 15 is 0 Å². The smallest absolute Gasteiger partial charge is 0.243 e. The number of carbonyl (C=O) groups excluding carboxylic acids is 4. The van der Waals surface area contributed by atoms with Crippen LogP contribution in [-0.4, -0.2) is 51.6 Å². The summed E-state index contributed by atoms with van der Waals surface area (Å²) in [7, 11) is 0. The molecule has 35 heavy (non-hydrogen) atoms. The van der Waals surface area contributed by atoms with Gasteiger partial charge < -0.3 is 10.2 Å². The molecule has 0 aromatic heterocycles. The summed E-state index contributed by atoms with van der Waals surface area (Å²) < 4.78 is 0. The molecule has 1 unspecified atom stereocenters. The summed E-state index contributed by atoms with van der Waals surface area (Å²) >= 11 is 12.7. The highest BCUT2D eigenvalue weighted by molar-refractivity contribution is 6.36. The van der Waals surface area contributed by atoms with Gasteiger partial charge in [0.15, 0.2) is 0 Å². The van der Waals surface area contributed by atoms with Crippen LogP contribution in [0.5, 0.6) is 0 Å². The third-order valence-electron chi connectivity index (χ3n) is 6.42. The van der Waals surface area contributed by atoms with Gasteiger partial charge in [-0.1, -0.05) is 48.3 Å². The molecular formula is C26H33Cl2N3O4. The molecule has 190 valence electrons. The number of carbonyl (C=O) groups is 4. The fourth-order valence-corrected chi connectivity index (χ4v) is 5.18. The van der Waals surface area contributed by atoms with E-state index in [-0.39, 0.29) is 55.0 Å². The van der Waals surface area contributed by atoms with E-state index in [4.69, 9.17) is 23.2 Å². The summed E-state index contributed by atoms with van der Waals surface area (Å²) in [4.78, 5) is 54.9. The third-order valence-corrected chi connectivity index (χ3v) is 7.13. The molecule has 9 heteroatoms. The molecule has 3 rings (SSSR count). The van der Waals surface area contributed by atoms with E-state index < -0.39 is 11.6 Å². The lowest BCUT2D eigenvalue weighted by Crippen LogP contribution is -2.53. The highest BCUT2D eigenvalue weighted by Gasteiger charge is 2.47. The van der Waals surface area contributed by atoms with Gasteiger partial charge in [0, 0.05) is 40.7 Å². The predicted octanol–water partition coefficient (Wildman–Crippen LogP) is 4.36. The largest absolute Gasteiger partial charge is 0.350 e. The average Bonchev–Trinajstić information content (AvgIpc) is 3.02. The summed E-state index contributed by atoms with van der Waals surface area (Å²) in [6.07, 6.45) is 5.22. The van der Waals surface area contributed by atoms with Crippen molar-refractivity contribution in [1.82, 2.24) is 15.1 Å². The monoisotopic (exact) mass is 521 g/mol. The summed E-state index contributed by atoms with van der Waals surface area (Å²) in [5.41, 5.74) is 0.0524. The number of amides is 4. The van der Waals surface area contributed by atoms with Gasteiger partial charge in [-0.25, -0.2) is 0 Å². The summed E-state index contributed by atoms with van der Waals surface area (Å²) in [6, 6.07) is 4.30. The number of fused-ring (bicyclic) bond motifs is 1. The average molecular weight is 522 g/mol. The lowest BCUT2D eigenvalue weighted by Gasteiger charge is -2.33. The highest BCUT2D eigenvalue weighted by atomic mass is 35.5. The minimum absolute atomic E-state index is 0.0203. The van der Waals surface area contributed by atoms with Crippen molar-refractivity contribution in [2.24, 2.45) is 11.8 Å². The molecule has 2 aliphatic rings. The Bertz CT molecular complexity index is 988. The Hall–Kier alpha value is -2.38. The number of nitrogens with one attached hydrogen (secondary N) is 1. The molecule has 0 saturated carbocycles. The van der Waals surface area contributed by atoms with Gasteiger partial charge in [-0.15, -0.1) is 0 Å². The summed E-state index contributed by atoms with van der Waals surface area (Å²) in [6.45, 7) is 7.44. The SMILES string of the molecule is CCC(C(=O)NC(C)(C)C)N(Cc1c(Cl)cccc1Cl)C(=O)CCN1C(=O)[C@H]2CC=CC[C@H]2C1=O. The van der Waals surface area contributed by atoms with Crippen molar-refractivity contribution in [3.8, 4) is 0 Å². The van der Waals surface area contributed by atoms with Crippen LogP contribution in [0.3, 0.4) is 0 Å². The second-order valence-corrected chi connectivity index (χ2v) is 10.9. The first-order chi connectivity index (χ1) is 16.4. The highest BCUT2D eigenvalue weighted by Crippen LogP contribution is 2.35. The predicted molar refractivity (Wildman–Crippen MR) is 136 cm³/mol. The molecule has 0 bridgehead atoms. The van der Waals surface area contributed by atoms with Crippen LogP contribution in [-0.2, 0) is 25.7 Å². The molecule has 1 aliphatic carbocycles. The van der Waals surface area contributed by atoms with Crippen molar-refractivity contribution in [1.29, 1.82) is 0 Å². The fourth-order valence-electron chi connectivity index (χ4n) is 4.67. The standard InChI is InChI=1S/C26H33Cl2N3O4/c1-5-21(23(33)29-26(2,3)4)31(15-18-19(27)11-8-12-20(18)28)22(32)13-14-30-24(34)16-9-6-7-10-17(16)25(30)35/h6-8,11-12,16-17,21H,5,9-10,13-15H2,1-4H3,(H,29,33)/t16-,17+,21?. The van der Waals surface area contributed by atoms with E-state index in [2.05, 4.69) is 5.32 Å². The van der Waals surface area contributed by atoms with Gasteiger partial charge in [-0.2, -0.15) is 0 Å². The third kappa shape index (κ3) is 6.25. The quantitative estimate of drug-likeness (QED) is 0.406. The Morgan fingerprint density at radius 3 is 2.11 bits per heavy atom. The number of halogens is 2. The van der Waals surface area contributed by atoms with E-state index in [1.807, 2.05) is 39.8 Å². The lowest BCUT2D eigenvalue weighted by molar-refractivity contribution is -0.144. The van der Waals surface area contributed by atoms with E-state index in [1.54, 1.807) is 18.2 Å². The second-order valence-electron chi connectivity index (χ2n) is 10.1. The zero-order valence-electron chi connectivity index (χ0n) is 20.6. The van der Waals surface area contributed by atoms with Crippen molar-refractivity contribution in [3.05, 3.63) is 46.0 Å². The van der Waals surface area contributed by atoms with Gasteiger partial charge in [-0.3, -0.25) is 24.1 Å². The normalized spacial score (nSPS) is 20.6. The van der Waals surface area contributed by atoms with Gasteiger partial charge in [0.25, 0.3) is 0 Å². The topological polar surface area (TPSA) is 86.8 Å². The van der Waals surface area contributed by atoms with Gasteiger partial charge in [0.1, 0.15) is 6.04 Å². The Kier molecular flexibility index (Phi) is 8.65. The van der Waals surface area contributed by atoms with Gasteiger partial charge in [0.2, 0.25) is 23.6 Å². The molecule has 1 heterocycles. The van der Waals surface area contributed by atoms with Crippen LogP contribution < -0.4 is 5.32 Å². The van der Waals surface area contributed by atoms with Crippen molar-refractivity contribution in [2.45, 2.75) is 71.5 Å². The molecule has 1 N–H and O–H groups in total. The van der Waals surface area contributed by atoms with Crippen molar-refractivity contribution in [2.75, 3.05) is 6.54 Å².